The Kier molecular flexibility index (Phi) is 14.9. The summed E-state index contributed by atoms with van der Waals surface area (Å²) >= 11 is 0. The molecule has 32 heavy (non-hydrogen) atoms. The molecule has 0 aliphatic heterocycles. The Labute approximate surface area is 197 Å². The minimum Gasteiger partial charge on any atom is -0.496 e. The van der Waals surface area contributed by atoms with Crippen LogP contribution >= 0.6 is 0 Å². The van der Waals surface area contributed by atoms with E-state index in [-0.39, 0.29) is 0 Å². The van der Waals surface area contributed by atoms with Crippen LogP contribution in [0.3, 0.4) is 0 Å². The highest BCUT2D eigenvalue weighted by molar-refractivity contribution is 5.83. The van der Waals surface area contributed by atoms with Gasteiger partial charge in [0.15, 0.2) is 0 Å². The highest BCUT2D eigenvalue weighted by atomic mass is 16.5. The van der Waals surface area contributed by atoms with Crippen LogP contribution in [0.25, 0.3) is 0 Å². The van der Waals surface area contributed by atoms with Crippen LogP contribution in [0.2, 0.25) is 0 Å². The summed E-state index contributed by atoms with van der Waals surface area (Å²) in [5.74, 6) is 4.68. The van der Waals surface area contributed by atoms with Crippen LogP contribution in [0.15, 0.2) is 23.4 Å². The maximum Gasteiger partial charge on any atom is 0.131 e. The van der Waals surface area contributed by atoms with Gasteiger partial charge in [0, 0.05) is 11.6 Å². The van der Waals surface area contributed by atoms with E-state index in [9.17, 15) is 0 Å². The molecule has 0 aromatic heterocycles. The average molecular weight is 448 g/mol. The number of benzene rings is 1. The molecule has 1 rings (SSSR count). The van der Waals surface area contributed by atoms with Gasteiger partial charge in [-0.1, -0.05) is 97.6 Å². The maximum absolute atomic E-state index is 8.71. The van der Waals surface area contributed by atoms with Gasteiger partial charge in [-0.2, -0.15) is 0 Å². The fraction of sp³-hybridized carbons (Fsp3) is 0.750. The van der Waals surface area contributed by atoms with E-state index in [4.69, 9.17) is 14.7 Å². The van der Waals surface area contributed by atoms with Gasteiger partial charge >= 0.3 is 0 Å². The lowest BCUT2D eigenvalue weighted by atomic mass is 9.91. The molecule has 184 valence electrons. The van der Waals surface area contributed by atoms with E-state index in [1.807, 2.05) is 18.2 Å². The number of oxime groups is 1. The lowest BCUT2D eigenvalue weighted by Crippen LogP contribution is -2.06. The minimum absolute atomic E-state index is 0.646. The standard InChI is InChI=1S/C28H49NO3/c1-22(2)10-7-11-23(3)12-8-13-24(4)14-9-15-25(5)18-19-32-27-17-16-26(21-29-30)28(20-27)31-6/h16-17,20-25,30H,7-15,18-19H2,1-6H3/t23-,24-,25?/m1/s1. The monoisotopic (exact) mass is 447 g/mol. The number of hydrogen-bond acceptors (Lipinski definition) is 4. The van der Waals surface area contributed by atoms with Gasteiger partial charge in [-0.25, -0.2) is 0 Å². The third-order valence-electron chi connectivity index (χ3n) is 6.55. The summed E-state index contributed by atoms with van der Waals surface area (Å²) in [6.07, 6.45) is 14.7. The van der Waals surface area contributed by atoms with Gasteiger partial charge in [-0.05, 0) is 42.2 Å². The molecule has 0 heterocycles. The first kappa shape index (κ1) is 28.3. The quantitative estimate of drug-likeness (QED) is 0.140. The van der Waals surface area contributed by atoms with Gasteiger partial charge in [-0.3, -0.25) is 0 Å². The Balaban J connectivity index is 2.13. The van der Waals surface area contributed by atoms with Crippen LogP contribution in [0.1, 0.15) is 104 Å². The van der Waals surface area contributed by atoms with Gasteiger partial charge in [0.05, 0.1) is 19.9 Å². The molecule has 0 aliphatic carbocycles. The van der Waals surface area contributed by atoms with Gasteiger partial charge in [0.2, 0.25) is 0 Å². The van der Waals surface area contributed by atoms with E-state index < -0.39 is 0 Å². The molecule has 4 nitrogen and oxygen atoms in total. The van der Waals surface area contributed by atoms with Crippen molar-refractivity contribution in [3.8, 4) is 11.5 Å². The lowest BCUT2D eigenvalue weighted by molar-refractivity contribution is 0.273. The van der Waals surface area contributed by atoms with Crippen molar-refractivity contribution >= 4 is 6.21 Å². The van der Waals surface area contributed by atoms with Crippen molar-refractivity contribution in [2.24, 2.45) is 28.8 Å². The van der Waals surface area contributed by atoms with Crippen molar-refractivity contribution in [2.75, 3.05) is 13.7 Å². The first-order chi connectivity index (χ1) is 15.3. The summed E-state index contributed by atoms with van der Waals surface area (Å²) in [6.45, 7) is 12.5. The van der Waals surface area contributed by atoms with Crippen LogP contribution < -0.4 is 9.47 Å². The Morgan fingerprint density at radius 3 is 1.84 bits per heavy atom. The van der Waals surface area contributed by atoms with E-state index in [2.05, 4.69) is 39.8 Å². The van der Waals surface area contributed by atoms with Crippen molar-refractivity contribution in [3.63, 3.8) is 0 Å². The van der Waals surface area contributed by atoms with Crippen LogP contribution in [0.5, 0.6) is 11.5 Å². The second kappa shape index (κ2) is 16.9. The van der Waals surface area contributed by atoms with Gasteiger partial charge < -0.3 is 14.7 Å². The highest BCUT2D eigenvalue weighted by Gasteiger charge is 2.09. The summed E-state index contributed by atoms with van der Waals surface area (Å²) in [5, 5.41) is 11.8. The third-order valence-corrected chi connectivity index (χ3v) is 6.55. The van der Waals surface area contributed by atoms with Crippen molar-refractivity contribution < 1.29 is 14.7 Å². The van der Waals surface area contributed by atoms with E-state index in [0.29, 0.717) is 18.3 Å². The predicted molar refractivity (Wildman–Crippen MR) is 136 cm³/mol. The Hall–Kier alpha value is -1.71. The predicted octanol–water partition coefficient (Wildman–Crippen LogP) is 8.35. The van der Waals surface area contributed by atoms with Crippen LogP contribution in [0.4, 0.5) is 0 Å². The fourth-order valence-electron chi connectivity index (χ4n) is 4.27. The van der Waals surface area contributed by atoms with Crippen molar-refractivity contribution in [3.05, 3.63) is 23.8 Å². The molecule has 4 heteroatoms. The topological polar surface area (TPSA) is 51.0 Å². The maximum atomic E-state index is 8.71. The number of methoxy groups -OCH3 is 1. The molecule has 0 radical (unpaired) electrons. The van der Waals surface area contributed by atoms with Crippen LogP contribution in [-0.4, -0.2) is 25.1 Å². The Morgan fingerprint density at radius 1 is 0.812 bits per heavy atom. The second-order valence-electron chi connectivity index (χ2n) is 10.3. The number of hydrogen-bond donors (Lipinski definition) is 1. The molecule has 0 saturated carbocycles. The number of rotatable bonds is 18. The molecule has 0 bridgehead atoms. The van der Waals surface area contributed by atoms with E-state index in [1.54, 1.807) is 7.11 Å². The summed E-state index contributed by atoms with van der Waals surface area (Å²) in [5.41, 5.74) is 0.727. The molecule has 0 saturated heterocycles. The van der Waals surface area contributed by atoms with Gasteiger partial charge in [-0.15, -0.1) is 0 Å². The summed E-state index contributed by atoms with van der Waals surface area (Å²) in [7, 11) is 1.60. The molecule has 3 atom stereocenters. The minimum atomic E-state index is 0.646. The molecule has 1 N–H and O–H groups in total. The first-order valence-corrected chi connectivity index (χ1v) is 12.8. The van der Waals surface area contributed by atoms with Crippen LogP contribution in [0, 0.1) is 23.7 Å². The Bertz CT molecular complexity index is 629. The lowest BCUT2D eigenvalue weighted by Gasteiger charge is -2.16. The van der Waals surface area contributed by atoms with Crippen molar-refractivity contribution in [2.45, 2.75) is 98.8 Å². The molecule has 0 spiro atoms. The molecular weight excluding hydrogens is 398 g/mol. The average Bonchev–Trinajstić information content (AvgIpc) is 2.74. The second-order valence-corrected chi connectivity index (χ2v) is 10.3. The SMILES string of the molecule is COc1cc(OCCC(C)CCC[C@H](C)CCC[C@H](C)CCCC(C)C)ccc1C=NO. The van der Waals surface area contributed by atoms with Gasteiger partial charge in [0.25, 0.3) is 0 Å². The summed E-state index contributed by atoms with van der Waals surface area (Å²) < 4.78 is 11.2. The highest BCUT2D eigenvalue weighted by Crippen LogP contribution is 2.25. The van der Waals surface area contributed by atoms with E-state index in [1.165, 1.54) is 64.0 Å². The third kappa shape index (κ3) is 13.0. The zero-order valence-corrected chi connectivity index (χ0v) is 21.6. The summed E-state index contributed by atoms with van der Waals surface area (Å²) in [6, 6.07) is 5.57. The summed E-state index contributed by atoms with van der Waals surface area (Å²) in [4.78, 5) is 0. The molecule has 0 aliphatic rings. The van der Waals surface area contributed by atoms with Crippen molar-refractivity contribution in [1.29, 1.82) is 0 Å². The molecule has 1 aromatic rings. The molecule has 0 amide bonds. The largest absolute Gasteiger partial charge is 0.496 e. The molecule has 1 aromatic carbocycles. The number of ether oxygens (including phenoxy) is 2. The van der Waals surface area contributed by atoms with Gasteiger partial charge in [0.1, 0.15) is 11.5 Å². The Morgan fingerprint density at radius 2 is 1.34 bits per heavy atom. The van der Waals surface area contributed by atoms with Crippen molar-refractivity contribution in [1.82, 2.24) is 0 Å². The normalized spacial score (nSPS) is 14.6. The van der Waals surface area contributed by atoms with E-state index in [0.717, 1.165) is 35.5 Å². The molecular formula is C28H49NO3. The zero-order valence-electron chi connectivity index (χ0n) is 21.6. The van der Waals surface area contributed by atoms with Crippen LogP contribution in [-0.2, 0) is 0 Å². The van der Waals surface area contributed by atoms with E-state index >= 15 is 0 Å². The smallest absolute Gasteiger partial charge is 0.131 e. The zero-order chi connectivity index (χ0) is 23.8. The first-order valence-electron chi connectivity index (χ1n) is 12.8. The fourth-order valence-corrected chi connectivity index (χ4v) is 4.27. The number of nitrogens with zero attached hydrogens (tertiary/aromatic N) is 1. The molecule has 1 unspecified atom stereocenters. The molecule has 0 fully saturated rings.